The van der Waals surface area contributed by atoms with E-state index in [0.717, 1.165) is 4.90 Å². The highest BCUT2D eigenvalue weighted by Gasteiger charge is 2.50. The van der Waals surface area contributed by atoms with E-state index in [4.69, 9.17) is 5.26 Å². The summed E-state index contributed by atoms with van der Waals surface area (Å²) in [5.74, 6) is -0.689. The molecule has 1 saturated heterocycles. The van der Waals surface area contributed by atoms with Crippen LogP contribution >= 0.6 is 0 Å². The molecule has 6 nitrogen and oxygen atoms in total. The second-order valence-corrected chi connectivity index (χ2v) is 6.81. The summed E-state index contributed by atoms with van der Waals surface area (Å²) in [4.78, 5) is 38.0. The summed E-state index contributed by atoms with van der Waals surface area (Å²) in [7, 11) is 0. The van der Waals surface area contributed by atoms with Gasteiger partial charge in [0.1, 0.15) is 5.54 Å². The topological polar surface area (TPSA) is 90.3 Å². The molecule has 0 bridgehead atoms. The number of imide groups is 1. The second-order valence-electron chi connectivity index (χ2n) is 6.81. The van der Waals surface area contributed by atoms with E-state index in [-0.39, 0.29) is 12.3 Å². The van der Waals surface area contributed by atoms with Gasteiger partial charge >= 0.3 is 6.03 Å². The van der Waals surface area contributed by atoms with Crippen molar-refractivity contribution in [3.05, 3.63) is 35.4 Å². The number of carbonyl (C=O) groups excluding carboxylic acids is 3. The lowest BCUT2D eigenvalue weighted by molar-refractivity contribution is -0.136. The Bertz CT molecular complexity index is 727. The Hall–Kier alpha value is -2.68. The molecule has 0 spiro atoms. The molecule has 0 radical (unpaired) electrons. The normalized spacial score (nSPS) is 21.1. The van der Waals surface area contributed by atoms with Gasteiger partial charge in [0.15, 0.2) is 5.78 Å². The molecule has 23 heavy (non-hydrogen) atoms. The van der Waals surface area contributed by atoms with Gasteiger partial charge in [0, 0.05) is 5.41 Å². The van der Waals surface area contributed by atoms with E-state index in [2.05, 4.69) is 5.32 Å². The zero-order valence-corrected chi connectivity index (χ0v) is 13.6. The highest BCUT2D eigenvalue weighted by molar-refractivity contribution is 6.09. The van der Waals surface area contributed by atoms with Crippen LogP contribution in [0.1, 0.15) is 38.8 Å². The number of amides is 3. The van der Waals surface area contributed by atoms with Gasteiger partial charge in [-0.3, -0.25) is 14.5 Å². The van der Waals surface area contributed by atoms with E-state index >= 15 is 0 Å². The minimum atomic E-state index is -1.28. The fourth-order valence-corrected chi connectivity index (χ4v) is 2.32. The average molecular weight is 313 g/mol. The molecule has 1 atom stereocenters. The number of carbonyl (C=O) groups is 3. The lowest BCUT2D eigenvalue weighted by Crippen LogP contribution is -2.42. The molecule has 1 aromatic carbocycles. The lowest BCUT2D eigenvalue weighted by atomic mass is 9.89. The molecular weight excluding hydrogens is 294 g/mol. The van der Waals surface area contributed by atoms with Gasteiger partial charge in [0.25, 0.3) is 5.91 Å². The predicted octanol–water partition coefficient (Wildman–Crippen LogP) is 1.94. The number of Topliss-reactive ketones (excluding diaryl/α,β-unsaturated/α-hetero) is 1. The summed E-state index contributed by atoms with van der Waals surface area (Å²) in [6, 6.07) is 7.92. The summed E-state index contributed by atoms with van der Waals surface area (Å²) in [5.41, 5.74) is -1.00. The van der Waals surface area contributed by atoms with Crippen LogP contribution in [0.25, 0.3) is 0 Å². The van der Waals surface area contributed by atoms with Crippen molar-refractivity contribution in [3.63, 3.8) is 0 Å². The number of urea groups is 1. The maximum absolute atomic E-state index is 12.7. The molecule has 1 heterocycles. The summed E-state index contributed by atoms with van der Waals surface area (Å²) >= 11 is 0. The number of rotatable bonds is 3. The van der Waals surface area contributed by atoms with E-state index in [0.29, 0.717) is 11.1 Å². The Labute approximate surface area is 135 Å². The van der Waals surface area contributed by atoms with E-state index in [1.165, 1.54) is 0 Å². The Morgan fingerprint density at radius 2 is 2.00 bits per heavy atom. The zero-order chi connectivity index (χ0) is 17.4. The third-order valence-corrected chi connectivity index (χ3v) is 3.98. The van der Waals surface area contributed by atoms with Gasteiger partial charge in [-0.2, -0.15) is 5.26 Å². The van der Waals surface area contributed by atoms with Gasteiger partial charge in [0.05, 0.1) is 18.2 Å². The van der Waals surface area contributed by atoms with Crippen molar-refractivity contribution in [2.45, 2.75) is 33.2 Å². The summed E-state index contributed by atoms with van der Waals surface area (Å²) in [6.45, 7) is 6.53. The quantitative estimate of drug-likeness (QED) is 0.863. The molecule has 0 aromatic heterocycles. The Balaban J connectivity index is 2.33. The minimum Gasteiger partial charge on any atom is -0.319 e. The van der Waals surface area contributed by atoms with E-state index in [1.54, 1.807) is 52.0 Å². The Morgan fingerprint density at radius 1 is 1.35 bits per heavy atom. The van der Waals surface area contributed by atoms with Gasteiger partial charge in [-0.25, -0.2) is 4.79 Å². The van der Waals surface area contributed by atoms with Crippen molar-refractivity contribution in [2.24, 2.45) is 5.41 Å². The van der Waals surface area contributed by atoms with Crippen LogP contribution in [0.3, 0.4) is 0 Å². The highest BCUT2D eigenvalue weighted by Crippen LogP contribution is 2.30. The van der Waals surface area contributed by atoms with Crippen LogP contribution in [0.4, 0.5) is 4.79 Å². The maximum atomic E-state index is 12.7. The standard InChI is InChI=1S/C17H19N3O3/c1-16(2,3)13(21)10-20-14(22)17(4,19-15(20)23)12-7-5-6-11(8-12)9-18/h5-8H,10H2,1-4H3,(H,19,23)/t17-/m1/s1. The molecular formula is C17H19N3O3. The van der Waals surface area contributed by atoms with Crippen molar-refractivity contribution in [2.75, 3.05) is 6.54 Å². The minimum absolute atomic E-state index is 0.198. The molecule has 0 unspecified atom stereocenters. The van der Waals surface area contributed by atoms with Crippen molar-refractivity contribution in [3.8, 4) is 6.07 Å². The van der Waals surface area contributed by atoms with Crippen molar-refractivity contribution in [1.82, 2.24) is 10.2 Å². The maximum Gasteiger partial charge on any atom is 0.325 e. The number of nitrogens with zero attached hydrogens (tertiary/aromatic N) is 2. The number of nitriles is 1. The molecule has 2 rings (SSSR count). The molecule has 1 N–H and O–H groups in total. The first-order valence-corrected chi connectivity index (χ1v) is 7.27. The van der Waals surface area contributed by atoms with Crippen LogP contribution in [-0.4, -0.2) is 29.2 Å². The van der Waals surface area contributed by atoms with Crippen LogP contribution < -0.4 is 5.32 Å². The molecule has 0 saturated carbocycles. The second kappa shape index (κ2) is 5.51. The summed E-state index contributed by atoms with van der Waals surface area (Å²) in [6.07, 6.45) is 0. The van der Waals surface area contributed by atoms with Crippen LogP contribution in [-0.2, 0) is 15.1 Å². The average Bonchev–Trinajstić information content (AvgIpc) is 2.71. The van der Waals surface area contributed by atoms with Gasteiger partial charge in [-0.15, -0.1) is 0 Å². The molecule has 1 aliphatic rings. The fraction of sp³-hybridized carbons (Fsp3) is 0.412. The molecule has 0 aliphatic carbocycles. The first-order chi connectivity index (χ1) is 10.6. The van der Waals surface area contributed by atoms with E-state index < -0.39 is 22.9 Å². The van der Waals surface area contributed by atoms with Crippen molar-refractivity contribution in [1.29, 1.82) is 5.26 Å². The first-order valence-electron chi connectivity index (χ1n) is 7.27. The number of ketones is 1. The molecule has 120 valence electrons. The van der Waals surface area contributed by atoms with Gasteiger partial charge in [-0.05, 0) is 24.6 Å². The van der Waals surface area contributed by atoms with Gasteiger partial charge < -0.3 is 5.32 Å². The lowest BCUT2D eigenvalue weighted by Gasteiger charge is -2.23. The van der Waals surface area contributed by atoms with E-state index in [1.807, 2.05) is 6.07 Å². The van der Waals surface area contributed by atoms with Crippen LogP contribution in [0, 0.1) is 16.7 Å². The number of benzene rings is 1. The van der Waals surface area contributed by atoms with E-state index in [9.17, 15) is 14.4 Å². The SMILES string of the molecule is CC(C)(C)C(=O)CN1C(=O)N[C@](C)(c2cccc(C#N)c2)C1=O. The van der Waals surface area contributed by atoms with Crippen molar-refractivity contribution < 1.29 is 14.4 Å². The molecule has 1 aliphatic heterocycles. The largest absolute Gasteiger partial charge is 0.325 e. The third-order valence-electron chi connectivity index (χ3n) is 3.98. The van der Waals surface area contributed by atoms with Gasteiger partial charge in [-0.1, -0.05) is 32.9 Å². The molecule has 6 heteroatoms. The zero-order valence-electron chi connectivity index (χ0n) is 13.6. The van der Waals surface area contributed by atoms with Gasteiger partial charge in [0.2, 0.25) is 0 Å². The monoisotopic (exact) mass is 313 g/mol. The molecule has 1 aromatic rings. The van der Waals surface area contributed by atoms with Crippen LogP contribution in [0.2, 0.25) is 0 Å². The summed E-state index contributed by atoms with van der Waals surface area (Å²) in [5, 5.41) is 11.6. The van der Waals surface area contributed by atoms with Crippen molar-refractivity contribution >= 4 is 17.7 Å². The third kappa shape index (κ3) is 2.95. The number of hydrogen-bond acceptors (Lipinski definition) is 4. The number of hydrogen-bond donors (Lipinski definition) is 1. The predicted molar refractivity (Wildman–Crippen MR) is 83.2 cm³/mol. The Kier molecular flexibility index (Phi) is 3.99. The van der Waals surface area contributed by atoms with Crippen LogP contribution in [0.15, 0.2) is 24.3 Å². The smallest absolute Gasteiger partial charge is 0.319 e. The fourth-order valence-electron chi connectivity index (χ4n) is 2.32. The Morgan fingerprint density at radius 3 is 2.57 bits per heavy atom. The molecule has 1 fully saturated rings. The highest BCUT2D eigenvalue weighted by atomic mass is 16.2. The first kappa shape index (κ1) is 16.7. The summed E-state index contributed by atoms with van der Waals surface area (Å²) < 4.78 is 0. The number of nitrogens with one attached hydrogen (secondary N) is 1. The van der Waals surface area contributed by atoms with Crippen LogP contribution in [0.5, 0.6) is 0 Å². The molecule has 3 amide bonds.